The highest BCUT2D eigenvalue weighted by Gasteiger charge is 2.30. The van der Waals surface area contributed by atoms with Crippen molar-refractivity contribution in [3.05, 3.63) is 125 Å². The minimum Gasteiger partial charge on any atom is -0.508 e. The number of phenols is 1. The predicted molar refractivity (Wildman–Crippen MR) is 156 cm³/mol. The van der Waals surface area contributed by atoms with Crippen molar-refractivity contribution in [1.82, 2.24) is 0 Å². The van der Waals surface area contributed by atoms with Gasteiger partial charge in [-0.3, -0.25) is 4.79 Å². The van der Waals surface area contributed by atoms with Gasteiger partial charge in [0.1, 0.15) is 30.5 Å². The number of benzene rings is 4. The smallest absolute Gasteiger partial charge is 0.305 e. The molecule has 208 valence electrons. The Labute approximate surface area is 236 Å². The molecule has 0 amide bonds. The SMILES string of the molecule is CCOC(=O)CCC(C)(c1ccc(O)cc1)c1ccc(OCc2cccc(COc3ccc(CN)cc3)c2)cc1. The number of esters is 1. The topological polar surface area (TPSA) is 91.0 Å². The van der Waals surface area contributed by atoms with Crippen LogP contribution in [0.25, 0.3) is 0 Å². The van der Waals surface area contributed by atoms with Gasteiger partial charge in [0.05, 0.1) is 6.61 Å². The number of phenolic OH excluding ortho intramolecular Hbond substituents is 1. The third-order valence-corrected chi connectivity index (χ3v) is 7.09. The molecule has 1 atom stereocenters. The molecule has 0 aromatic heterocycles. The Kier molecular flexibility index (Phi) is 9.81. The summed E-state index contributed by atoms with van der Waals surface area (Å²) in [6.45, 7) is 5.68. The molecule has 0 radical (unpaired) electrons. The molecule has 0 saturated carbocycles. The Morgan fingerprint density at radius 3 is 1.82 bits per heavy atom. The van der Waals surface area contributed by atoms with E-state index in [-0.39, 0.29) is 11.7 Å². The molecule has 6 heteroatoms. The molecule has 0 aliphatic heterocycles. The summed E-state index contributed by atoms with van der Waals surface area (Å²) in [5.41, 5.74) is 10.5. The molecular weight excluding hydrogens is 502 g/mol. The summed E-state index contributed by atoms with van der Waals surface area (Å²) >= 11 is 0. The van der Waals surface area contributed by atoms with Crippen LogP contribution in [0.4, 0.5) is 0 Å². The molecule has 40 heavy (non-hydrogen) atoms. The number of hydrogen-bond donors (Lipinski definition) is 2. The van der Waals surface area contributed by atoms with Crippen molar-refractivity contribution >= 4 is 5.97 Å². The summed E-state index contributed by atoms with van der Waals surface area (Å²) in [6, 6.07) is 31.1. The second kappa shape index (κ2) is 13.7. The zero-order valence-electron chi connectivity index (χ0n) is 23.1. The first kappa shape index (κ1) is 28.7. The third-order valence-electron chi connectivity index (χ3n) is 7.09. The Balaban J connectivity index is 1.40. The van der Waals surface area contributed by atoms with E-state index in [4.69, 9.17) is 19.9 Å². The molecule has 4 aromatic rings. The molecular formula is C34H37NO5. The summed E-state index contributed by atoms with van der Waals surface area (Å²) in [5.74, 6) is 1.55. The molecule has 0 bridgehead atoms. The van der Waals surface area contributed by atoms with Crippen LogP contribution in [0.1, 0.15) is 54.5 Å². The van der Waals surface area contributed by atoms with Gasteiger partial charge in [-0.25, -0.2) is 0 Å². The van der Waals surface area contributed by atoms with E-state index >= 15 is 0 Å². The van der Waals surface area contributed by atoms with Crippen LogP contribution in [0, 0.1) is 0 Å². The second-order valence-electron chi connectivity index (χ2n) is 9.95. The van der Waals surface area contributed by atoms with Crippen LogP contribution in [0.15, 0.2) is 97.1 Å². The Morgan fingerprint density at radius 1 is 0.775 bits per heavy atom. The van der Waals surface area contributed by atoms with Gasteiger partial charge in [0.2, 0.25) is 0 Å². The van der Waals surface area contributed by atoms with Gasteiger partial charge in [-0.1, -0.05) is 61.5 Å². The zero-order chi connectivity index (χ0) is 28.4. The maximum atomic E-state index is 12.1. The molecule has 4 rings (SSSR count). The van der Waals surface area contributed by atoms with E-state index in [0.717, 1.165) is 39.3 Å². The molecule has 6 nitrogen and oxygen atoms in total. The van der Waals surface area contributed by atoms with E-state index in [2.05, 4.69) is 13.0 Å². The van der Waals surface area contributed by atoms with Crippen molar-refractivity contribution < 1.29 is 24.1 Å². The van der Waals surface area contributed by atoms with Crippen LogP contribution < -0.4 is 15.2 Å². The van der Waals surface area contributed by atoms with E-state index in [0.29, 0.717) is 39.2 Å². The average molecular weight is 540 g/mol. The molecule has 0 aliphatic carbocycles. The first-order valence-electron chi connectivity index (χ1n) is 13.6. The monoisotopic (exact) mass is 539 g/mol. The highest BCUT2D eigenvalue weighted by atomic mass is 16.5. The van der Waals surface area contributed by atoms with Gasteiger partial charge >= 0.3 is 5.97 Å². The van der Waals surface area contributed by atoms with Gasteiger partial charge in [0.25, 0.3) is 0 Å². The van der Waals surface area contributed by atoms with Crippen LogP contribution in [-0.2, 0) is 34.7 Å². The van der Waals surface area contributed by atoms with Crippen molar-refractivity contribution in [3.8, 4) is 17.2 Å². The molecule has 0 heterocycles. The highest BCUT2D eigenvalue weighted by Crippen LogP contribution is 2.38. The molecule has 0 fully saturated rings. The molecule has 0 saturated heterocycles. The molecule has 0 aliphatic rings. The largest absolute Gasteiger partial charge is 0.508 e. The van der Waals surface area contributed by atoms with Crippen molar-refractivity contribution in [3.63, 3.8) is 0 Å². The summed E-state index contributed by atoms with van der Waals surface area (Å²) < 4.78 is 17.2. The first-order valence-corrected chi connectivity index (χ1v) is 13.6. The fraction of sp³-hybridized carbons (Fsp3) is 0.265. The van der Waals surface area contributed by atoms with Gasteiger partial charge in [0.15, 0.2) is 0 Å². The summed E-state index contributed by atoms with van der Waals surface area (Å²) in [4.78, 5) is 12.1. The summed E-state index contributed by atoms with van der Waals surface area (Å²) in [7, 11) is 0. The average Bonchev–Trinajstić information content (AvgIpc) is 2.99. The Bertz CT molecular complexity index is 1370. The van der Waals surface area contributed by atoms with Crippen molar-refractivity contribution in [2.24, 2.45) is 5.73 Å². The first-order chi connectivity index (χ1) is 19.4. The number of nitrogens with two attached hydrogens (primary N) is 1. The lowest BCUT2D eigenvalue weighted by Gasteiger charge is -2.31. The van der Waals surface area contributed by atoms with E-state index in [1.807, 2.05) is 85.8 Å². The van der Waals surface area contributed by atoms with Gasteiger partial charge in [0, 0.05) is 18.4 Å². The number of aromatic hydroxyl groups is 1. The lowest BCUT2D eigenvalue weighted by molar-refractivity contribution is -0.143. The minimum atomic E-state index is -0.446. The van der Waals surface area contributed by atoms with Crippen molar-refractivity contribution in [2.75, 3.05) is 6.61 Å². The van der Waals surface area contributed by atoms with E-state index in [1.165, 1.54) is 0 Å². The van der Waals surface area contributed by atoms with Gasteiger partial charge in [-0.05, 0) is 83.6 Å². The quantitative estimate of drug-likeness (QED) is 0.185. The van der Waals surface area contributed by atoms with Gasteiger partial charge in [-0.2, -0.15) is 0 Å². The number of carbonyl (C=O) groups excluding carboxylic acids is 1. The van der Waals surface area contributed by atoms with Gasteiger partial charge in [-0.15, -0.1) is 0 Å². The predicted octanol–water partition coefficient (Wildman–Crippen LogP) is 6.66. The third kappa shape index (κ3) is 7.64. The van der Waals surface area contributed by atoms with E-state index in [9.17, 15) is 9.90 Å². The standard InChI is InChI=1S/C34H37NO5/c1-3-38-33(37)19-20-34(2,28-9-13-30(36)14-10-28)29-11-17-32(18-12-29)40-24-27-6-4-5-26(21-27)23-39-31-15-7-25(22-35)8-16-31/h4-18,21,36H,3,19-20,22-24,35H2,1-2H3. The van der Waals surface area contributed by atoms with E-state index < -0.39 is 5.41 Å². The molecule has 0 spiro atoms. The van der Waals surface area contributed by atoms with Crippen LogP contribution in [0.3, 0.4) is 0 Å². The molecule has 4 aromatic carbocycles. The second-order valence-corrected chi connectivity index (χ2v) is 9.95. The van der Waals surface area contributed by atoms with Crippen molar-refractivity contribution in [1.29, 1.82) is 0 Å². The molecule has 3 N–H and O–H groups in total. The van der Waals surface area contributed by atoms with Gasteiger partial charge < -0.3 is 25.1 Å². The molecule has 1 unspecified atom stereocenters. The fourth-order valence-corrected chi connectivity index (χ4v) is 4.65. The normalized spacial score (nSPS) is 12.4. The summed E-state index contributed by atoms with van der Waals surface area (Å²) in [6.07, 6.45) is 0.866. The number of ether oxygens (including phenoxy) is 3. The fourth-order valence-electron chi connectivity index (χ4n) is 4.65. The summed E-state index contributed by atoms with van der Waals surface area (Å²) in [5, 5.41) is 9.79. The number of carbonyl (C=O) groups is 1. The van der Waals surface area contributed by atoms with Crippen LogP contribution in [0.2, 0.25) is 0 Å². The zero-order valence-corrected chi connectivity index (χ0v) is 23.1. The minimum absolute atomic E-state index is 0.206. The maximum Gasteiger partial charge on any atom is 0.305 e. The number of hydrogen-bond acceptors (Lipinski definition) is 6. The lowest BCUT2D eigenvalue weighted by Crippen LogP contribution is -2.25. The maximum absolute atomic E-state index is 12.1. The van der Waals surface area contributed by atoms with Crippen LogP contribution in [-0.4, -0.2) is 17.7 Å². The number of rotatable bonds is 13. The Morgan fingerprint density at radius 2 is 1.30 bits per heavy atom. The Hall–Kier alpha value is -4.29. The van der Waals surface area contributed by atoms with Crippen LogP contribution in [0.5, 0.6) is 17.2 Å². The lowest BCUT2D eigenvalue weighted by atomic mass is 9.73. The highest BCUT2D eigenvalue weighted by molar-refractivity contribution is 5.69. The van der Waals surface area contributed by atoms with Crippen molar-refractivity contribution in [2.45, 2.75) is 51.9 Å². The van der Waals surface area contributed by atoms with E-state index in [1.54, 1.807) is 12.1 Å². The van der Waals surface area contributed by atoms with Crippen LogP contribution >= 0.6 is 0 Å².